The second-order valence-electron chi connectivity index (χ2n) is 4.12. The number of carbonyl (C=O) groups excluding carboxylic acids is 2. The smallest absolute Gasteiger partial charge is 0.340 e. The molecule has 0 aliphatic heterocycles. The molecule has 2 aromatic rings. The first-order chi connectivity index (χ1) is 10.0. The van der Waals surface area contributed by atoms with Crippen molar-refractivity contribution in [2.75, 3.05) is 12.4 Å². The van der Waals surface area contributed by atoms with Gasteiger partial charge in [0, 0.05) is 5.56 Å². The first-order valence-corrected chi connectivity index (χ1v) is 5.96. The number of hydrogen-bond acceptors (Lipinski definition) is 3. The van der Waals surface area contributed by atoms with Crippen molar-refractivity contribution in [3.63, 3.8) is 0 Å². The van der Waals surface area contributed by atoms with Crippen LogP contribution in [0.25, 0.3) is 0 Å². The quantitative estimate of drug-likeness (QED) is 0.884. The van der Waals surface area contributed by atoms with Gasteiger partial charge in [0.25, 0.3) is 5.91 Å². The molecule has 0 unspecified atom stereocenters. The summed E-state index contributed by atoms with van der Waals surface area (Å²) in [5.41, 5.74) is -0.445. The number of carbonyl (C=O) groups is 2. The second kappa shape index (κ2) is 6.13. The van der Waals surface area contributed by atoms with E-state index in [1.807, 2.05) is 0 Å². The third-order valence-corrected chi connectivity index (χ3v) is 2.74. The van der Waals surface area contributed by atoms with Crippen LogP contribution in [0.4, 0.5) is 14.5 Å². The zero-order valence-corrected chi connectivity index (χ0v) is 11.0. The number of nitrogens with one attached hydrogen (secondary N) is 1. The Kier molecular flexibility index (Phi) is 4.27. The molecule has 0 radical (unpaired) electrons. The summed E-state index contributed by atoms with van der Waals surface area (Å²) in [6.45, 7) is 0. The van der Waals surface area contributed by atoms with Gasteiger partial charge in [-0.15, -0.1) is 0 Å². The van der Waals surface area contributed by atoms with Crippen molar-refractivity contribution in [1.82, 2.24) is 0 Å². The average molecular weight is 291 g/mol. The standard InChI is InChI=1S/C15H11F2NO3/c1-21-15(20)11-6-3-7-12(13(11)17)18-14(19)9-4-2-5-10(16)8-9/h2-8H,1H3,(H,18,19). The molecule has 21 heavy (non-hydrogen) atoms. The molecule has 4 nitrogen and oxygen atoms in total. The first-order valence-electron chi connectivity index (χ1n) is 5.96. The third-order valence-electron chi connectivity index (χ3n) is 2.74. The fourth-order valence-corrected chi connectivity index (χ4v) is 1.72. The minimum Gasteiger partial charge on any atom is -0.465 e. The van der Waals surface area contributed by atoms with Gasteiger partial charge < -0.3 is 10.1 Å². The van der Waals surface area contributed by atoms with Crippen LogP contribution in [0.2, 0.25) is 0 Å². The molecule has 0 spiro atoms. The van der Waals surface area contributed by atoms with Crippen LogP contribution in [-0.4, -0.2) is 19.0 Å². The Morgan fingerprint density at radius 2 is 1.81 bits per heavy atom. The molecular weight excluding hydrogens is 280 g/mol. The van der Waals surface area contributed by atoms with Gasteiger partial charge in [-0.2, -0.15) is 0 Å². The lowest BCUT2D eigenvalue weighted by Gasteiger charge is -2.09. The van der Waals surface area contributed by atoms with Gasteiger partial charge in [-0.1, -0.05) is 12.1 Å². The number of amides is 1. The number of ether oxygens (including phenoxy) is 1. The number of rotatable bonds is 3. The van der Waals surface area contributed by atoms with Crippen LogP contribution in [0.1, 0.15) is 20.7 Å². The minimum atomic E-state index is -0.908. The lowest BCUT2D eigenvalue weighted by atomic mass is 10.1. The topological polar surface area (TPSA) is 55.4 Å². The number of anilines is 1. The van der Waals surface area contributed by atoms with Crippen LogP contribution in [-0.2, 0) is 4.74 Å². The van der Waals surface area contributed by atoms with E-state index in [0.717, 1.165) is 13.2 Å². The molecule has 1 N–H and O–H groups in total. The predicted molar refractivity (Wildman–Crippen MR) is 72.1 cm³/mol. The molecular formula is C15H11F2NO3. The second-order valence-corrected chi connectivity index (χ2v) is 4.12. The number of esters is 1. The Morgan fingerprint density at radius 1 is 1.10 bits per heavy atom. The highest BCUT2D eigenvalue weighted by atomic mass is 19.1. The van der Waals surface area contributed by atoms with Gasteiger partial charge in [0.2, 0.25) is 0 Å². The number of methoxy groups -OCH3 is 1. The average Bonchev–Trinajstić information content (AvgIpc) is 2.48. The highest BCUT2D eigenvalue weighted by Crippen LogP contribution is 2.19. The SMILES string of the molecule is COC(=O)c1cccc(NC(=O)c2cccc(F)c2)c1F. The van der Waals surface area contributed by atoms with Gasteiger partial charge in [-0.3, -0.25) is 4.79 Å². The van der Waals surface area contributed by atoms with E-state index in [-0.39, 0.29) is 16.8 Å². The Labute approximate surface area is 119 Å². The summed E-state index contributed by atoms with van der Waals surface area (Å²) in [5.74, 6) is -3.02. The molecule has 0 fully saturated rings. The Hall–Kier alpha value is -2.76. The number of hydrogen-bond donors (Lipinski definition) is 1. The van der Waals surface area contributed by atoms with Gasteiger partial charge >= 0.3 is 5.97 Å². The predicted octanol–water partition coefficient (Wildman–Crippen LogP) is 3.00. The molecule has 0 aliphatic carbocycles. The van der Waals surface area contributed by atoms with Crippen molar-refractivity contribution in [2.45, 2.75) is 0 Å². The van der Waals surface area contributed by atoms with Crippen molar-refractivity contribution in [3.8, 4) is 0 Å². The molecule has 0 heterocycles. The van der Waals surface area contributed by atoms with E-state index in [4.69, 9.17) is 0 Å². The molecule has 0 saturated heterocycles. The molecule has 1 amide bonds. The minimum absolute atomic E-state index is 0.0397. The van der Waals surface area contributed by atoms with E-state index in [0.29, 0.717) is 0 Å². The summed E-state index contributed by atoms with van der Waals surface area (Å²) in [5, 5.41) is 2.28. The van der Waals surface area contributed by atoms with Gasteiger partial charge in [0.1, 0.15) is 5.82 Å². The van der Waals surface area contributed by atoms with Gasteiger partial charge in [0.05, 0.1) is 18.4 Å². The summed E-state index contributed by atoms with van der Waals surface area (Å²) >= 11 is 0. The molecule has 0 atom stereocenters. The summed E-state index contributed by atoms with van der Waals surface area (Å²) in [7, 11) is 1.12. The van der Waals surface area contributed by atoms with Gasteiger partial charge in [0.15, 0.2) is 5.82 Å². The number of benzene rings is 2. The van der Waals surface area contributed by atoms with Crippen LogP contribution < -0.4 is 5.32 Å². The molecule has 0 aliphatic rings. The lowest BCUT2D eigenvalue weighted by Crippen LogP contribution is -2.15. The highest BCUT2D eigenvalue weighted by molar-refractivity contribution is 6.05. The summed E-state index contributed by atoms with van der Waals surface area (Å²) in [4.78, 5) is 23.3. The first kappa shape index (κ1) is 14.6. The van der Waals surface area contributed by atoms with Crippen LogP contribution >= 0.6 is 0 Å². The van der Waals surface area contributed by atoms with E-state index in [1.165, 1.54) is 36.4 Å². The van der Waals surface area contributed by atoms with Crippen molar-refractivity contribution >= 4 is 17.6 Å². The molecule has 2 aromatic carbocycles. The van der Waals surface area contributed by atoms with Crippen LogP contribution in [0.15, 0.2) is 42.5 Å². The van der Waals surface area contributed by atoms with E-state index in [1.54, 1.807) is 0 Å². The molecule has 0 bridgehead atoms. The maximum Gasteiger partial charge on any atom is 0.340 e. The third kappa shape index (κ3) is 3.22. The van der Waals surface area contributed by atoms with Crippen LogP contribution in [0.3, 0.4) is 0 Å². The lowest BCUT2D eigenvalue weighted by molar-refractivity contribution is 0.0595. The fraction of sp³-hybridized carbons (Fsp3) is 0.0667. The van der Waals surface area contributed by atoms with Crippen LogP contribution in [0, 0.1) is 11.6 Å². The molecule has 108 valence electrons. The largest absolute Gasteiger partial charge is 0.465 e. The Bertz CT molecular complexity index is 701. The maximum atomic E-state index is 14.1. The zero-order valence-electron chi connectivity index (χ0n) is 11.0. The van der Waals surface area contributed by atoms with E-state index in [2.05, 4.69) is 10.1 Å². The maximum absolute atomic E-state index is 14.1. The van der Waals surface area contributed by atoms with Crippen molar-refractivity contribution in [1.29, 1.82) is 0 Å². The summed E-state index contributed by atoms with van der Waals surface area (Å²) in [6.07, 6.45) is 0. The summed E-state index contributed by atoms with van der Waals surface area (Å²) in [6, 6.07) is 8.90. The highest BCUT2D eigenvalue weighted by Gasteiger charge is 2.17. The van der Waals surface area contributed by atoms with Gasteiger partial charge in [-0.25, -0.2) is 13.6 Å². The molecule has 0 saturated carbocycles. The normalized spacial score (nSPS) is 10.0. The van der Waals surface area contributed by atoms with Gasteiger partial charge in [-0.05, 0) is 30.3 Å². The molecule has 0 aromatic heterocycles. The molecule has 6 heteroatoms. The monoisotopic (exact) mass is 291 g/mol. The summed E-state index contributed by atoms with van der Waals surface area (Å²) < 4.78 is 31.6. The fourth-order valence-electron chi connectivity index (χ4n) is 1.72. The molecule has 2 rings (SSSR count). The van der Waals surface area contributed by atoms with E-state index >= 15 is 0 Å². The van der Waals surface area contributed by atoms with Crippen molar-refractivity contribution in [3.05, 3.63) is 65.2 Å². The zero-order chi connectivity index (χ0) is 15.4. The van der Waals surface area contributed by atoms with Crippen molar-refractivity contribution < 1.29 is 23.1 Å². The number of halogens is 2. The van der Waals surface area contributed by atoms with Crippen molar-refractivity contribution in [2.24, 2.45) is 0 Å². The van der Waals surface area contributed by atoms with Crippen LogP contribution in [0.5, 0.6) is 0 Å². The Balaban J connectivity index is 2.28. The van der Waals surface area contributed by atoms with E-state index < -0.39 is 23.5 Å². The van der Waals surface area contributed by atoms with E-state index in [9.17, 15) is 18.4 Å². The Morgan fingerprint density at radius 3 is 2.48 bits per heavy atom.